The minimum absolute atomic E-state index is 3.75. The van der Waals surface area contributed by atoms with E-state index >= 15 is 0 Å². The zero-order valence-electron chi connectivity index (χ0n) is 2.34. The van der Waals surface area contributed by atoms with Crippen LogP contribution in [-0.4, -0.2) is 0 Å². The van der Waals surface area contributed by atoms with Crippen molar-refractivity contribution in [2.75, 3.05) is 0 Å². The van der Waals surface area contributed by atoms with Crippen LogP contribution in [0.5, 0.6) is 0 Å². The third-order valence-electron chi connectivity index (χ3n) is 0. The molecule has 6 heteroatoms. The van der Waals surface area contributed by atoms with E-state index < -0.39 is 15.3 Å². The predicted octanol–water partition coefficient (Wildman–Crippen LogP) is 2.64. The fourth-order valence-corrected chi connectivity index (χ4v) is 0. The van der Waals surface area contributed by atoms with Crippen molar-refractivity contribution in [2.24, 2.45) is 0 Å². The van der Waals surface area contributed by atoms with Crippen molar-refractivity contribution in [2.45, 2.75) is 0 Å². The SMILES string of the molecule is [F][Nb]([F])([F])([Cl])[Cl]. The average Bonchev–Trinajstić information content (AvgIpc) is 0.650. The van der Waals surface area contributed by atoms with Gasteiger partial charge in [0.15, 0.2) is 0 Å². The molecule has 0 radical (unpaired) electrons. The third kappa shape index (κ3) is 70.0. The molecule has 0 aliphatic rings. The van der Waals surface area contributed by atoms with Gasteiger partial charge in [0.05, 0.1) is 0 Å². The van der Waals surface area contributed by atoms with Gasteiger partial charge in [-0.1, -0.05) is 0 Å². The zero-order valence-corrected chi connectivity index (χ0v) is 6.05. The third-order valence-corrected chi connectivity index (χ3v) is 0. The quantitative estimate of drug-likeness (QED) is 0.551. The molecule has 0 amide bonds. The van der Waals surface area contributed by atoms with Crippen molar-refractivity contribution in [3.63, 3.8) is 0 Å². The number of hydrogen-bond acceptors (Lipinski definition) is 0. The van der Waals surface area contributed by atoms with Crippen molar-refractivity contribution in [3.05, 3.63) is 0 Å². The summed E-state index contributed by atoms with van der Waals surface area (Å²) in [5.74, 6) is 0. The molecule has 0 heterocycles. The Bertz CT molecular complexity index is 42.0. The van der Waals surface area contributed by atoms with E-state index in [2.05, 4.69) is 18.4 Å². The van der Waals surface area contributed by atoms with E-state index in [1.165, 1.54) is 0 Å². The Morgan fingerprint density at radius 1 is 1.00 bits per heavy atom. The van der Waals surface area contributed by atoms with Gasteiger partial charge in [-0.2, -0.15) is 0 Å². The first-order valence-corrected chi connectivity index (χ1v) is 9.00. The molecular weight excluding hydrogens is 221 g/mol. The van der Waals surface area contributed by atoms with Gasteiger partial charge >= 0.3 is 42.7 Å². The van der Waals surface area contributed by atoms with Crippen molar-refractivity contribution in [1.82, 2.24) is 0 Å². The Morgan fingerprint density at radius 3 is 1.00 bits per heavy atom. The summed E-state index contributed by atoms with van der Waals surface area (Å²) in [6.07, 6.45) is 0. The van der Waals surface area contributed by atoms with Crippen LogP contribution in [0.15, 0.2) is 0 Å². The molecule has 0 aromatic heterocycles. The first-order valence-electron chi connectivity index (χ1n) is 0.845. The van der Waals surface area contributed by atoms with Gasteiger partial charge in [0.1, 0.15) is 0 Å². The number of halogens is 5. The summed E-state index contributed by atoms with van der Waals surface area (Å²) in [6.45, 7) is 0. The second-order valence-corrected chi connectivity index (χ2v) is 11.3. The summed E-state index contributed by atoms with van der Waals surface area (Å²) in [5.41, 5.74) is 0. The van der Waals surface area contributed by atoms with Gasteiger partial charge in [-0.05, 0) is 0 Å². The molecule has 0 aliphatic heterocycles. The van der Waals surface area contributed by atoms with Crippen LogP contribution in [0, 0.1) is 0 Å². The Morgan fingerprint density at radius 2 is 1.00 bits per heavy atom. The second kappa shape index (κ2) is 1.29. The summed E-state index contributed by atoms with van der Waals surface area (Å²) < 4.78 is 32.3. The van der Waals surface area contributed by atoms with Crippen LogP contribution in [0.1, 0.15) is 0 Å². The molecule has 0 aliphatic carbocycles. The molecule has 0 aromatic rings. The standard InChI is InChI=1S/2ClH.3FH.Nb/h5*1H;/q;;;;;+5/p-5. The van der Waals surface area contributed by atoms with Gasteiger partial charge < -0.3 is 0 Å². The van der Waals surface area contributed by atoms with E-state index in [-0.39, 0.29) is 0 Å². The van der Waals surface area contributed by atoms with Crippen LogP contribution in [0.2, 0.25) is 0 Å². The van der Waals surface area contributed by atoms with Gasteiger partial charge in [-0.15, -0.1) is 0 Å². The van der Waals surface area contributed by atoms with Crippen LogP contribution >= 0.6 is 18.4 Å². The van der Waals surface area contributed by atoms with Crippen LogP contribution in [0.4, 0.5) is 9.07 Å². The molecule has 0 unspecified atom stereocenters. The minimum atomic E-state index is -7.25. The van der Waals surface area contributed by atoms with Crippen molar-refractivity contribution < 1.29 is 24.4 Å². The molecule has 0 fully saturated rings. The normalized spacial score (nSPS) is 19.2. The molecular formula is Cl2F3Nb. The second-order valence-electron chi connectivity index (χ2n) is 0.639. The Labute approximate surface area is 42.9 Å². The van der Waals surface area contributed by atoms with E-state index in [4.69, 9.17) is 0 Å². The van der Waals surface area contributed by atoms with E-state index in [9.17, 15) is 9.07 Å². The number of rotatable bonds is 0. The maximum absolute atomic E-state index is 10.8. The van der Waals surface area contributed by atoms with Gasteiger partial charge in [0, 0.05) is 0 Å². The van der Waals surface area contributed by atoms with E-state index in [0.29, 0.717) is 0 Å². The Hall–Kier alpha value is 1.11. The molecule has 0 nitrogen and oxygen atoms in total. The van der Waals surface area contributed by atoms with Crippen molar-refractivity contribution in [1.29, 1.82) is 0 Å². The Balaban J connectivity index is 3.73. The Kier molecular flexibility index (Phi) is 1.53. The van der Waals surface area contributed by atoms with Gasteiger partial charge in [-0.25, -0.2) is 0 Å². The fraction of sp³-hybridized carbons (Fsp3) is 0. The fourth-order valence-electron chi connectivity index (χ4n) is 0. The topological polar surface area (TPSA) is 0 Å². The zero-order chi connectivity index (χ0) is 5.45. The van der Waals surface area contributed by atoms with Crippen LogP contribution in [0.3, 0.4) is 0 Å². The molecule has 40 valence electrons. The van der Waals surface area contributed by atoms with Crippen LogP contribution in [0.25, 0.3) is 0 Å². The summed E-state index contributed by atoms with van der Waals surface area (Å²) in [6, 6.07) is 0. The van der Waals surface area contributed by atoms with Crippen LogP contribution in [-0.2, 0) is 15.3 Å². The average molecular weight is 221 g/mol. The molecule has 0 bridgehead atoms. The molecule has 0 rings (SSSR count). The van der Waals surface area contributed by atoms with Crippen LogP contribution < -0.4 is 0 Å². The molecule has 0 saturated heterocycles. The summed E-state index contributed by atoms with van der Waals surface area (Å²) in [7, 11) is 7.51. The van der Waals surface area contributed by atoms with E-state index in [0.717, 1.165) is 0 Å². The molecule has 0 atom stereocenters. The van der Waals surface area contributed by atoms with Gasteiger partial charge in [0.2, 0.25) is 0 Å². The molecule has 0 spiro atoms. The first kappa shape index (κ1) is 7.11. The summed E-state index contributed by atoms with van der Waals surface area (Å²) in [4.78, 5) is 0. The number of hydrogen-bond donors (Lipinski definition) is 0. The monoisotopic (exact) mass is 220 g/mol. The van der Waals surface area contributed by atoms with E-state index in [1.807, 2.05) is 0 Å². The summed E-state index contributed by atoms with van der Waals surface area (Å²) >= 11 is -7.25. The van der Waals surface area contributed by atoms with E-state index in [1.54, 1.807) is 0 Å². The summed E-state index contributed by atoms with van der Waals surface area (Å²) in [5, 5.41) is 0. The molecule has 0 aromatic carbocycles. The predicted molar refractivity (Wildman–Crippen MR) is 15.0 cm³/mol. The molecule has 0 N–H and O–H groups in total. The molecule has 6 heavy (non-hydrogen) atoms. The van der Waals surface area contributed by atoms with Gasteiger partial charge in [0.25, 0.3) is 0 Å². The van der Waals surface area contributed by atoms with Crippen molar-refractivity contribution >= 4 is 18.4 Å². The first-order chi connectivity index (χ1) is 2.24. The molecule has 0 saturated carbocycles. The maximum atomic E-state index is 10.8. The van der Waals surface area contributed by atoms with Crippen molar-refractivity contribution in [3.8, 4) is 0 Å². The van der Waals surface area contributed by atoms with Gasteiger partial charge in [-0.3, -0.25) is 0 Å².